The van der Waals surface area contributed by atoms with Crippen LogP contribution < -0.4 is 11.1 Å². The third kappa shape index (κ3) is 7.39. The summed E-state index contributed by atoms with van der Waals surface area (Å²) < 4.78 is 10.9. The van der Waals surface area contributed by atoms with E-state index in [0.29, 0.717) is 6.61 Å². The number of hydrogen-bond acceptors (Lipinski definition) is 4. The maximum Gasteiger partial charge on any atom is 0.268 e. The highest BCUT2D eigenvalue weighted by atomic mass is 28.4. The number of amides is 1. The Morgan fingerprint density at radius 1 is 1.13 bits per heavy atom. The Morgan fingerprint density at radius 2 is 1.90 bits per heavy atom. The van der Waals surface area contributed by atoms with Gasteiger partial charge in [0.05, 0.1) is 24.5 Å². The van der Waals surface area contributed by atoms with E-state index in [1.165, 1.54) is 16.5 Å². The Kier molecular flexibility index (Phi) is 8.97. The van der Waals surface area contributed by atoms with Crippen LogP contribution in [0.2, 0.25) is 18.1 Å². The highest BCUT2D eigenvalue weighted by Crippen LogP contribution is 2.37. The van der Waals surface area contributed by atoms with Gasteiger partial charge in [0.2, 0.25) is 0 Å². The van der Waals surface area contributed by atoms with Crippen molar-refractivity contribution in [2.75, 3.05) is 18.5 Å². The van der Waals surface area contributed by atoms with Gasteiger partial charge in [-0.15, -0.1) is 0 Å². The lowest BCUT2D eigenvalue weighted by Crippen LogP contribution is -2.42. The van der Waals surface area contributed by atoms with Gasteiger partial charge in [-0.2, -0.15) is 0 Å². The Labute approximate surface area is 233 Å². The zero-order valence-electron chi connectivity index (χ0n) is 24.0. The van der Waals surface area contributed by atoms with Gasteiger partial charge in [-0.1, -0.05) is 57.2 Å². The number of carbonyl (C=O) groups excluding carboxylic acids is 1. The lowest BCUT2D eigenvalue weighted by molar-refractivity contribution is 0.0995. The summed E-state index contributed by atoms with van der Waals surface area (Å²) in [5.41, 5.74) is 9.47. The number of carbonyl (C=O) groups is 1. The second-order valence-corrected chi connectivity index (χ2v) is 16.7. The summed E-state index contributed by atoms with van der Waals surface area (Å²) in [7, 11) is -1.94. The molecule has 8 heteroatoms. The highest BCUT2D eigenvalue weighted by molar-refractivity contribution is 6.74. The van der Waals surface area contributed by atoms with Crippen molar-refractivity contribution in [2.24, 2.45) is 5.73 Å². The zero-order valence-corrected chi connectivity index (χ0v) is 25.0. The van der Waals surface area contributed by atoms with E-state index in [-0.39, 0.29) is 16.8 Å². The molecule has 39 heavy (non-hydrogen) atoms. The third-order valence-electron chi connectivity index (χ3n) is 8.01. The van der Waals surface area contributed by atoms with Crippen molar-refractivity contribution in [3.8, 4) is 0 Å². The van der Waals surface area contributed by atoms with Gasteiger partial charge in [-0.25, -0.2) is 4.98 Å². The molecule has 1 amide bonds. The van der Waals surface area contributed by atoms with Crippen molar-refractivity contribution >= 4 is 30.8 Å². The number of primary amides is 1. The summed E-state index contributed by atoms with van der Waals surface area (Å²) in [6, 6.07) is 19.4. The first kappa shape index (κ1) is 28.6. The van der Waals surface area contributed by atoms with Gasteiger partial charge in [0, 0.05) is 31.2 Å². The first-order chi connectivity index (χ1) is 18.5. The van der Waals surface area contributed by atoms with Crippen molar-refractivity contribution < 1.29 is 9.22 Å². The quantitative estimate of drug-likeness (QED) is 0.146. The van der Waals surface area contributed by atoms with Gasteiger partial charge in [0.15, 0.2) is 8.32 Å². The van der Waals surface area contributed by atoms with Gasteiger partial charge < -0.3 is 24.6 Å². The highest BCUT2D eigenvalue weighted by Gasteiger charge is 2.37. The smallest absolute Gasteiger partial charge is 0.268 e. The van der Waals surface area contributed by atoms with Crippen molar-refractivity contribution in [3.05, 3.63) is 84.6 Å². The second kappa shape index (κ2) is 12.2. The predicted molar refractivity (Wildman–Crippen MR) is 163 cm³/mol. The molecule has 1 atom stereocenters. The number of hydrogen-bond donors (Lipinski definition) is 2. The Hall–Kier alpha value is -3.36. The maximum absolute atomic E-state index is 11.7. The van der Waals surface area contributed by atoms with E-state index in [2.05, 4.69) is 110 Å². The molecule has 4 aromatic rings. The van der Waals surface area contributed by atoms with E-state index in [1.807, 2.05) is 4.57 Å². The Morgan fingerprint density at radius 3 is 2.59 bits per heavy atom. The fourth-order valence-corrected chi connectivity index (χ4v) is 5.49. The van der Waals surface area contributed by atoms with Crippen LogP contribution >= 0.6 is 0 Å². The van der Waals surface area contributed by atoms with Crippen LogP contribution in [0.4, 0.5) is 5.69 Å². The van der Waals surface area contributed by atoms with Gasteiger partial charge in [-0.05, 0) is 66.5 Å². The van der Waals surface area contributed by atoms with Crippen molar-refractivity contribution in [1.29, 1.82) is 0 Å². The second-order valence-electron chi connectivity index (χ2n) is 11.9. The number of benzene rings is 2. The molecule has 208 valence electrons. The monoisotopic (exact) mass is 545 g/mol. The van der Waals surface area contributed by atoms with E-state index in [1.54, 1.807) is 12.5 Å². The van der Waals surface area contributed by atoms with E-state index in [9.17, 15) is 4.79 Å². The van der Waals surface area contributed by atoms with Crippen molar-refractivity contribution in [2.45, 2.75) is 70.8 Å². The molecular formula is C31H43N5O2Si. The van der Waals surface area contributed by atoms with Gasteiger partial charge in [0.25, 0.3) is 5.91 Å². The largest absolute Gasteiger partial charge is 0.415 e. The lowest BCUT2D eigenvalue weighted by atomic mass is 10.1. The minimum Gasteiger partial charge on any atom is -0.415 e. The average molecular weight is 546 g/mol. The maximum atomic E-state index is 11.7. The fourth-order valence-electron chi connectivity index (χ4n) is 4.45. The van der Waals surface area contributed by atoms with E-state index >= 15 is 0 Å². The molecule has 0 aliphatic heterocycles. The zero-order chi connectivity index (χ0) is 28.0. The molecule has 2 aromatic heterocycles. The van der Waals surface area contributed by atoms with E-state index in [4.69, 9.17) is 10.2 Å². The molecule has 3 N–H and O–H groups in total. The molecule has 7 nitrogen and oxygen atoms in total. The predicted octanol–water partition coefficient (Wildman–Crippen LogP) is 6.63. The number of nitrogens with two attached hydrogens (primary N) is 1. The Bertz CT molecular complexity index is 1370. The molecule has 0 fully saturated rings. The van der Waals surface area contributed by atoms with Crippen LogP contribution in [0.5, 0.6) is 0 Å². The molecule has 0 spiro atoms. The minimum atomic E-state index is -1.94. The number of rotatable bonds is 13. The number of anilines is 1. The van der Waals surface area contributed by atoms with Crippen LogP contribution in [-0.2, 0) is 17.4 Å². The number of imidazole rings is 1. The third-order valence-corrected chi connectivity index (χ3v) is 12.5. The van der Waals surface area contributed by atoms with Gasteiger partial charge >= 0.3 is 0 Å². The molecule has 0 saturated carbocycles. The average Bonchev–Trinajstić information content (AvgIpc) is 3.54. The number of fused-ring (bicyclic) bond motifs is 1. The summed E-state index contributed by atoms with van der Waals surface area (Å²) in [6.07, 6.45) is 8.58. The molecule has 2 aromatic carbocycles. The summed E-state index contributed by atoms with van der Waals surface area (Å²) in [6.45, 7) is 13.6. The number of nitrogens with one attached hydrogen (secondary N) is 1. The normalized spacial score (nSPS) is 13.1. The fraction of sp³-hybridized carbons (Fsp3) is 0.419. The molecule has 0 saturated heterocycles. The molecule has 2 heterocycles. The van der Waals surface area contributed by atoms with Gasteiger partial charge in [-0.3, -0.25) is 4.79 Å². The summed E-state index contributed by atoms with van der Waals surface area (Å²) in [5, 5.41) is 4.93. The summed E-state index contributed by atoms with van der Waals surface area (Å²) in [5.74, 6) is -0.516. The van der Waals surface area contributed by atoms with E-state index in [0.717, 1.165) is 38.0 Å². The van der Waals surface area contributed by atoms with Crippen LogP contribution in [0.3, 0.4) is 0 Å². The molecule has 0 aliphatic rings. The Balaban J connectivity index is 1.43. The SMILES string of the molecule is CC(C)(C)[Si](C)(C)OC[C@@H](CCn1ccc2ccc(NCCCc3ccccc3)cc21)n1cnc(C(N)=O)c1. The van der Waals surface area contributed by atoms with Gasteiger partial charge in [0.1, 0.15) is 5.69 Å². The number of aromatic nitrogens is 3. The minimum absolute atomic E-state index is 0.0384. The number of aryl methyl sites for hydroxylation is 2. The summed E-state index contributed by atoms with van der Waals surface area (Å²) >= 11 is 0. The topological polar surface area (TPSA) is 87.1 Å². The molecule has 0 unspecified atom stereocenters. The molecule has 4 rings (SSSR count). The van der Waals surface area contributed by atoms with Crippen LogP contribution in [0.15, 0.2) is 73.3 Å². The van der Waals surface area contributed by atoms with Crippen molar-refractivity contribution in [1.82, 2.24) is 14.1 Å². The van der Waals surface area contributed by atoms with Crippen LogP contribution in [0, 0.1) is 0 Å². The summed E-state index contributed by atoms with van der Waals surface area (Å²) in [4.78, 5) is 15.9. The lowest BCUT2D eigenvalue weighted by Gasteiger charge is -2.37. The van der Waals surface area contributed by atoms with E-state index < -0.39 is 14.2 Å². The van der Waals surface area contributed by atoms with Crippen molar-refractivity contribution in [3.63, 3.8) is 0 Å². The molecular weight excluding hydrogens is 502 g/mol. The molecule has 0 radical (unpaired) electrons. The molecule has 0 bridgehead atoms. The first-order valence-corrected chi connectivity index (χ1v) is 16.8. The number of nitrogens with zero attached hydrogens (tertiary/aromatic N) is 3. The van der Waals surface area contributed by atoms with Crippen LogP contribution in [0.1, 0.15) is 55.7 Å². The first-order valence-electron chi connectivity index (χ1n) is 13.9. The standard InChI is InChI=1S/C31H43N5O2Si/c1-31(2,3)39(4,5)38-22-27(36-21-28(30(32)37)34-23-36)16-19-35-18-15-25-13-14-26(20-29(25)35)33-17-9-12-24-10-7-6-8-11-24/h6-8,10-11,13-15,18,20-21,23,27,33H,9,12,16-17,19,22H2,1-5H3,(H2,32,37)/t27-/m1/s1. The van der Waals surface area contributed by atoms with Crippen LogP contribution in [0.25, 0.3) is 10.9 Å². The van der Waals surface area contributed by atoms with Crippen LogP contribution in [-0.4, -0.2) is 41.5 Å². The molecule has 0 aliphatic carbocycles.